The van der Waals surface area contributed by atoms with Crippen molar-refractivity contribution in [2.24, 2.45) is 0 Å². The Balaban J connectivity index is 1.49. The molecule has 1 fully saturated rings. The van der Waals surface area contributed by atoms with E-state index in [0.29, 0.717) is 30.6 Å². The number of nitrogens with zero attached hydrogens (tertiary/aromatic N) is 4. The van der Waals surface area contributed by atoms with Gasteiger partial charge in [-0.2, -0.15) is 0 Å². The van der Waals surface area contributed by atoms with Crippen LogP contribution in [0.25, 0.3) is 27.8 Å². The second kappa shape index (κ2) is 8.75. The number of ketones is 1. The Bertz CT molecular complexity index is 1310. The summed E-state index contributed by atoms with van der Waals surface area (Å²) >= 11 is 0. The van der Waals surface area contributed by atoms with E-state index in [2.05, 4.69) is 71.3 Å². The summed E-state index contributed by atoms with van der Waals surface area (Å²) < 4.78 is 1.99. The van der Waals surface area contributed by atoms with Crippen molar-refractivity contribution in [1.29, 1.82) is 0 Å². The number of hydrogen-bond donors (Lipinski definition) is 1. The van der Waals surface area contributed by atoms with Crippen LogP contribution in [-0.2, 0) is 4.79 Å². The first-order valence-corrected chi connectivity index (χ1v) is 12.1. The number of fused-ring (bicyclic) bond motifs is 2. The first kappa shape index (κ1) is 21.8. The quantitative estimate of drug-likeness (QED) is 0.429. The molecule has 0 aliphatic carbocycles. The minimum Gasteiger partial charge on any atom is -0.354 e. The number of H-pyrrole nitrogens is 1. The van der Waals surface area contributed by atoms with Crippen molar-refractivity contribution in [2.45, 2.75) is 58.8 Å². The van der Waals surface area contributed by atoms with E-state index in [1.165, 1.54) is 38.9 Å². The first-order chi connectivity index (χ1) is 15.9. The van der Waals surface area contributed by atoms with Crippen LogP contribution in [0.5, 0.6) is 0 Å². The van der Waals surface area contributed by atoms with Gasteiger partial charge in [-0.05, 0) is 79.6 Å². The van der Waals surface area contributed by atoms with Crippen LogP contribution < -0.4 is 0 Å². The summed E-state index contributed by atoms with van der Waals surface area (Å²) in [6.45, 7) is 11.3. The fourth-order valence-corrected chi connectivity index (χ4v) is 5.31. The van der Waals surface area contributed by atoms with Crippen LogP contribution >= 0.6 is 0 Å². The number of likely N-dealkylation sites (tertiary alicyclic amines) is 1. The van der Waals surface area contributed by atoms with Crippen molar-refractivity contribution in [2.75, 3.05) is 19.6 Å². The standard InChI is InChI=1S/C27H33N5O/c1-5-21(33)14-31-10-8-19(9-11-31)20-6-7-24-22(13-20)26(17(2)3)27(29-24)23-15-32-16-28-30-25(32)12-18(23)4/h6-7,12-13,15-17,19,29H,5,8-11,14H2,1-4H3. The van der Waals surface area contributed by atoms with E-state index < -0.39 is 0 Å². The number of aromatic nitrogens is 4. The molecule has 0 atom stereocenters. The lowest BCUT2D eigenvalue weighted by molar-refractivity contribution is -0.120. The largest absolute Gasteiger partial charge is 0.354 e. The molecule has 4 aromatic rings. The molecule has 0 unspecified atom stereocenters. The van der Waals surface area contributed by atoms with E-state index in [9.17, 15) is 4.79 Å². The number of piperidine rings is 1. The minimum absolute atomic E-state index is 0.344. The first-order valence-electron chi connectivity index (χ1n) is 12.1. The molecule has 33 heavy (non-hydrogen) atoms. The fraction of sp³-hybridized carbons (Fsp3) is 0.444. The maximum atomic E-state index is 11.8. The van der Waals surface area contributed by atoms with E-state index in [1.807, 2.05) is 11.3 Å². The van der Waals surface area contributed by atoms with Gasteiger partial charge >= 0.3 is 0 Å². The third kappa shape index (κ3) is 4.08. The average molecular weight is 444 g/mol. The molecule has 5 rings (SSSR count). The molecule has 1 aliphatic heterocycles. The monoisotopic (exact) mass is 443 g/mol. The SMILES string of the molecule is CCC(=O)CN1CCC(c2ccc3[nH]c(-c4cn5cnnc5cc4C)c(C(C)C)c3c2)CC1. The van der Waals surface area contributed by atoms with Crippen molar-refractivity contribution >= 4 is 22.3 Å². The molecule has 0 bridgehead atoms. The lowest BCUT2D eigenvalue weighted by atomic mass is 9.87. The Morgan fingerprint density at radius 1 is 1.21 bits per heavy atom. The number of hydrogen-bond acceptors (Lipinski definition) is 4. The zero-order valence-electron chi connectivity index (χ0n) is 20.1. The van der Waals surface area contributed by atoms with Crippen LogP contribution in [0.15, 0.2) is 36.8 Å². The normalized spacial score (nSPS) is 15.8. The molecule has 1 N–H and O–H groups in total. The van der Waals surface area contributed by atoms with Gasteiger partial charge < -0.3 is 4.98 Å². The average Bonchev–Trinajstić information content (AvgIpc) is 3.42. The number of benzene rings is 1. The number of aryl methyl sites for hydroxylation is 1. The lowest BCUT2D eigenvalue weighted by Crippen LogP contribution is -2.36. The number of nitrogens with one attached hydrogen (secondary N) is 1. The van der Waals surface area contributed by atoms with Gasteiger partial charge in [-0.1, -0.05) is 26.8 Å². The van der Waals surface area contributed by atoms with E-state index in [1.54, 1.807) is 6.33 Å². The van der Waals surface area contributed by atoms with Crippen LogP contribution in [0.4, 0.5) is 0 Å². The highest BCUT2D eigenvalue weighted by atomic mass is 16.1. The fourth-order valence-electron chi connectivity index (χ4n) is 5.31. The minimum atomic E-state index is 0.344. The van der Waals surface area contributed by atoms with Gasteiger partial charge in [0.2, 0.25) is 0 Å². The topological polar surface area (TPSA) is 66.3 Å². The van der Waals surface area contributed by atoms with Gasteiger partial charge in [0.15, 0.2) is 5.65 Å². The van der Waals surface area contributed by atoms with Crippen LogP contribution in [0.1, 0.15) is 68.6 Å². The highest BCUT2D eigenvalue weighted by Gasteiger charge is 2.24. The van der Waals surface area contributed by atoms with Crippen LogP contribution in [0.3, 0.4) is 0 Å². The van der Waals surface area contributed by atoms with E-state index in [-0.39, 0.29) is 0 Å². The number of aromatic amines is 1. The van der Waals surface area contributed by atoms with Crippen molar-refractivity contribution in [1.82, 2.24) is 24.5 Å². The summed E-state index contributed by atoms with van der Waals surface area (Å²) in [7, 11) is 0. The van der Waals surface area contributed by atoms with Crippen molar-refractivity contribution in [3.8, 4) is 11.3 Å². The molecule has 1 aromatic carbocycles. The van der Waals surface area contributed by atoms with Crippen molar-refractivity contribution in [3.05, 3.63) is 53.5 Å². The van der Waals surface area contributed by atoms with E-state index in [0.717, 1.165) is 31.6 Å². The van der Waals surface area contributed by atoms with Crippen LogP contribution in [-0.4, -0.2) is 49.9 Å². The van der Waals surface area contributed by atoms with Gasteiger partial charge in [0, 0.05) is 29.1 Å². The van der Waals surface area contributed by atoms with Crippen molar-refractivity contribution < 1.29 is 4.79 Å². The smallest absolute Gasteiger partial charge is 0.160 e. The molecule has 0 amide bonds. The number of pyridine rings is 1. The number of Topliss-reactive ketones (excluding diaryl/α,β-unsaturated/α-hetero) is 1. The van der Waals surface area contributed by atoms with Gasteiger partial charge in [-0.15, -0.1) is 10.2 Å². The Labute approximate surface area is 195 Å². The van der Waals surface area contributed by atoms with Crippen LogP contribution in [0.2, 0.25) is 0 Å². The summed E-state index contributed by atoms with van der Waals surface area (Å²) in [5, 5.41) is 9.56. The molecule has 0 radical (unpaired) electrons. The number of carbonyl (C=O) groups excluding carboxylic acids is 1. The molecule has 4 heterocycles. The molecule has 0 spiro atoms. The molecule has 172 valence electrons. The summed E-state index contributed by atoms with van der Waals surface area (Å²) in [6.07, 6.45) is 6.75. The second-order valence-electron chi connectivity index (χ2n) is 9.78. The summed E-state index contributed by atoms with van der Waals surface area (Å²) in [4.78, 5) is 17.9. The van der Waals surface area contributed by atoms with Gasteiger partial charge in [0.25, 0.3) is 0 Å². The van der Waals surface area contributed by atoms with E-state index in [4.69, 9.17) is 0 Å². The summed E-state index contributed by atoms with van der Waals surface area (Å²) in [5.74, 6) is 1.29. The van der Waals surface area contributed by atoms with Gasteiger partial charge in [-0.25, -0.2) is 0 Å². The molecule has 0 saturated carbocycles. The Morgan fingerprint density at radius 2 is 2.00 bits per heavy atom. The van der Waals surface area contributed by atoms with Crippen molar-refractivity contribution in [3.63, 3.8) is 0 Å². The molecular weight excluding hydrogens is 410 g/mol. The predicted octanol–water partition coefficient (Wildman–Crippen LogP) is 5.47. The van der Waals surface area contributed by atoms with E-state index >= 15 is 0 Å². The summed E-state index contributed by atoms with van der Waals surface area (Å²) in [5.41, 5.74) is 8.42. The molecule has 1 saturated heterocycles. The Morgan fingerprint density at radius 3 is 2.73 bits per heavy atom. The lowest BCUT2D eigenvalue weighted by Gasteiger charge is -2.31. The number of rotatable bonds is 6. The highest BCUT2D eigenvalue weighted by Crippen LogP contribution is 2.39. The summed E-state index contributed by atoms with van der Waals surface area (Å²) in [6, 6.07) is 9.05. The maximum Gasteiger partial charge on any atom is 0.160 e. The molecule has 3 aromatic heterocycles. The third-order valence-corrected chi connectivity index (χ3v) is 7.20. The predicted molar refractivity (Wildman–Crippen MR) is 133 cm³/mol. The molecule has 1 aliphatic rings. The second-order valence-corrected chi connectivity index (χ2v) is 9.78. The maximum absolute atomic E-state index is 11.8. The molecule has 6 nitrogen and oxygen atoms in total. The van der Waals surface area contributed by atoms with Gasteiger partial charge in [0.1, 0.15) is 12.1 Å². The third-order valence-electron chi connectivity index (χ3n) is 7.20. The molecular formula is C27H33N5O. The molecule has 6 heteroatoms. The zero-order valence-corrected chi connectivity index (χ0v) is 20.1. The Hall–Kier alpha value is -2.99. The van der Waals surface area contributed by atoms with Gasteiger partial charge in [-0.3, -0.25) is 14.1 Å². The number of carbonyl (C=O) groups is 1. The van der Waals surface area contributed by atoms with Crippen LogP contribution in [0, 0.1) is 6.92 Å². The van der Waals surface area contributed by atoms with Gasteiger partial charge in [0.05, 0.1) is 12.2 Å². The highest BCUT2D eigenvalue weighted by molar-refractivity contribution is 5.92. The Kier molecular flexibility index (Phi) is 5.79. The zero-order chi connectivity index (χ0) is 23.1.